The molecule has 1 atom stereocenters. The highest BCUT2D eigenvalue weighted by molar-refractivity contribution is 5.53. The molecule has 1 heterocycles. The van der Waals surface area contributed by atoms with E-state index in [9.17, 15) is 0 Å². The zero-order valence-electron chi connectivity index (χ0n) is 14.4. The van der Waals surface area contributed by atoms with Crippen LogP contribution >= 0.6 is 0 Å². The Labute approximate surface area is 129 Å². The molecule has 0 aliphatic rings. The van der Waals surface area contributed by atoms with Gasteiger partial charge in [-0.25, -0.2) is 0 Å². The number of methoxy groups -OCH3 is 1. The fourth-order valence-corrected chi connectivity index (χ4v) is 2.18. The molecule has 120 valence electrons. The van der Waals surface area contributed by atoms with Crippen molar-refractivity contribution >= 4 is 5.69 Å². The molecule has 0 saturated heterocycles. The van der Waals surface area contributed by atoms with Crippen molar-refractivity contribution in [2.45, 2.75) is 59.2 Å². The summed E-state index contributed by atoms with van der Waals surface area (Å²) in [4.78, 5) is 6.72. The molecule has 1 rings (SSSR count). The van der Waals surface area contributed by atoms with Crippen molar-refractivity contribution in [2.24, 2.45) is 0 Å². The molecule has 4 heteroatoms. The quantitative estimate of drug-likeness (QED) is 0.798. The highest BCUT2D eigenvalue weighted by atomic mass is 16.5. The zero-order chi connectivity index (χ0) is 15.9. The van der Waals surface area contributed by atoms with Crippen LogP contribution in [0.3, 0.4) is 0 Å². The summed E-state index contributed by atoms with van der Waals surface area (Å²) in [5, 5.41) is 3.55. The van der Waals surface area contributed by atoms with E-state index in [1.54, 1.807) is 7.11 Å². The van der Waals surface area contributed by atoms with Crippen molar-refractivity contribution in [3.63, 3.8) is 0 Å². The summed E-state index contributed by atoms with van der Waals surface area (Å²) in [6.07, 6.45) is 4.95. The van der Waals surface area contributed by atoms with E-state index in [-0.39, 0.29) is 5.54 Å². The van der Waals surface area contributed by atoms with Crippen molar-refractivity contribution in [3.05, 3.63) is 24.0 Å². The Morgan fingerprint density at radius 2 is 2.10 bits per heavy atom. The fraction of sp³-hybridized carbons (Fsp3) is 0.706. The van der Waals surface area contributed by atoms with E-state index in [0.29, 0.717) is 6.04 Å². The van der Waals surface area contributed by atoms with Crippen LogP contribution in [0.25, 0.3) is 0 Å². The van der Waals surface area contributed by atoms with Crippen LogP contribution in [-0.2, 0) is 11.3 Å². The molecule has 1 aromatic rings. The maximum absolute atomic E-state index is 5.27. The van der Waals surface area contributed by atoms with Crippen LogP contribution in [0.2, 0.25) is 0 Å². The third-order valence-corrected chi connectivity index (χ3v) is 3.66. The first-order valence-electron chi connectivity index (χ1n) is 7.82. The van der Waals surface area contributed by atoms with E-state index in [1.165, 1.54) is 11.3 Å². The Kier molecular flexibility index (Phi) is 7.12. The normalized spacial score (nSPS) is 13.2. The molecular weight excluding hydrogens is 262 g/mol. The SMILES string of the molecule is CCC(C)N(CCOC)c1ccncc1CNC(C)(C)C. The van der Waals surface area contributed by atoms with Crippen LogP contribution in [0.4, 0.5) is 5.69 Å². The monoisotopic (exact) mass is 293 g/mol. The summed E-state index contributed by atoms with van der Waals surface area (Å²) >= 11 is 0. The minimum absolute atomic E-state index is 0.0981. The first-order chi connectivity index (χ1) is 9.89. The van der Waals surface area contributed by atoms with Gasteiger partial charge in [0.05, 0.1) is 6.61 Å². The van der Waals surface area contributed by atoms with Gasteiger partial charge in [-0.15, -0.1) is 0 Å². The van der Waals surface area contributed by atoms with E-state index in [1.807, 2.05) is 12.4 Å². The molecule has 0 aliphatic carbocycles. The Bertz CT molecular complexity index is 415. The summed E-state index contributed by atoms with van der Waals surface area (Å²) in [6.45, 7) is 13.5. The van der Waals surface area contributed by atoms with E-state index in [4.69, 9.17) is 4.74 Å². The van der Waals surface area contributed by atoms with Gasteiger partial charge in [0, 0.05) is 55.4 Å². The molecule has 21 heavy (non-hydrogen) atoms. The number of nitrogens with one attached hydrogen (secondary N) is 1. The molecule has 0 radical (unpaired) electrons. The highest BCUT2D eigenvalue weighted by Gasteiger charge is 2.17. The number of aromatic nitrogens is 1. The summed E-state index contributed by atoms with van der Waals surface area (Å²) in [6, 6.07) is 2.59. The molecule has 1 unspecified atom stereocenters. The molecular formula is C17H31N3O. The lowest BCUT2D eigenvalue weighted by Crippen LogP contribution is -2.38. The average molecular weight is 293 g/mol. The Hall–Kier alpha value is -1.13. The van der Waals surface area contributed by atoms with Gasteiger partial charge < -0.3 is 15.0 Å². The highest BCUT2D eigenvalue weighted by Crippen LogP contribution is 2.23. The predicted molar refractivity (Wildman–Crippen MR) is 89.8 cm³/mol. The van der Waals surface area contributed by atoms with Gasteiger partial charge in [0.25, 0.3) is 0 Å². The number of hydrogen-bond donors (Lipinski definition) is 1. The average Bonchev–Trinajstić information content (AvgIpc) is 2.45. The van der Waals surface area contributed by atoms with Gasteiger partial charge in [-0.2, -0.15) is 0 Å². The number of ether oxygens (including phenoxy) is 1. The predicted octanol–water partition coefficient (Wildman–Crippen LogP) is 3.22. The van der Waals surface area contributed by atoms with Gasteiger partial charge >= 0.3 is 0 Å². The summed E-state index contributed by atoms with van der Waals surface area (Å²) in [5.74, 6) is 0. The molecule has 4 nitrogen and oxygen atoms in total. The second kappa shape index (κ2) is 8.35. The molecule has 0 amide bonds. The molecule has 0 aromatic carbocycles. The van der Waals surface area contributed by atoms with Gasteiger partial charge in [-0.1, -0.05) is 6.92 Å². The smallest absolute Gasteiger partial charge is 0.0637 e. The number of hydrogen-bond acceptors (Lipinski definition) is 4. The zero-order valence-corrected chi connectivity index (χ0v) is 14.4. The molecule has 1 aromatic heterocycles. The summed E-state index contributed by atoms with van der Waals surface area (Å²) < 4.78 is 5.27. The largest absolute Gasteiger partial charge is 0.383 e. The van der Waals surface area contributed by atoms with E-state index < -0.39 is 0 Å². The molecule has 0 aliphatic heterocycles. The fourth-order valence-electron chi connectivity index (χ4n) is 2.18. The molecule has 0 spiro atoms. The molecule has 0 bridgehead atoms. The maximum atomic E-state index is 5.27. The first-order valence-corrected chi connectivity index (χ1v) is 7.82. The molecule has 0 saturated carbocycles. The molecule has 1 N–H and O–H groups in total. The standard InChI is InChI=1S/C17H31N3O/c1-7-14(2)20(10-11-21-6)16-8-9-18-12-15(16)13-19-17(3,4)5/h8-9,12,14,19H,7,10-11,13H2,1-6H3. The second-order valence-electron chi connectivity index (χ2n) is 6.55. The van der Waals surface area contributed by atoms with Crippen LogP contribution in [0, 0.1) is 0 Å². The van der Waals surface area contributed by atoms with E-state index >= 15 is 0 Å². The Morgan fingerprint density at radius 1 is 1.38 bits per heavy atom. The minimum Gasteiger partial charge on any atom is -0.383 e. The lowest BCUT2D eigenvalue weighted by Gasteiger charge is -2.33. The van der Waals surface area contributed by atoms with Crippen LogP contribution in [0.15, 0.2) is 18.5 Å². The maximum Gasteiger partial charge on any atom is 0.0637 e. The Balaban J connectivity index is 2.96. The Morgan fingerprint density at radius 3 is 2.67 bits per heavy atom. The van der Waals surface area contributed by atoms with Gasteiger partial charge in [0.2, 0.25) is 0 Å². The topological polar surface area (TPSA) is 37.4 Å². The van der Waals surface area contributed by atoms with Crippen LogP contribution in [0.1, 0.15) is 46.6 Å². The third kappa shape index (κ3) is 6.02. The van der Waals surface area contributed by atoms with Gasteiger partial charge in [0.1, 0.15) is 0 Å². The van der Waals surface area contributed by atoms with Crippen molar-refractivity contribution in [1.29, 1.82) is 0 Å². The lowest BCUT2D eigenvalue weighted by molar-refractivity contribution is 0.203. The lowest BCUT2D eigenvalue weighted by atomic mass is 10.1. The second-order valence-corrected chi connectivity index (χ2v) is 6.55. The number of rotatable bonds is 8. The number of pyridine rings is 1. The van der Waals surface area contributed by atoms with Crippen LogP contribution < -0.4 is 10.2 Å². The number of anilines is 1. The number of nitrogens with zero attached hydrogens (tertiary/aromatic N) is 2. The summed E-state index contributed by atoms with van der Waals surface area (Å²) in [5.41, 5.74) is 2.60. The van der Waals surface area contributed by atoms with Crippen LogP contribution in [-0.4, -0.2) is 36.8 Å². The van der Waals surface area contributed by atoms with Gasteiger partial charge in [-0.05, 0) is 40.2 Å². The van der Waals surface area contributed by atoms with Crippen molar-refractivity contribution in [1.82, 2.24) is 10.3 Å². The van der Waals surface area contributed by atoms with Gasteiger partial charge in [-0.3, -0.25) is 4.98 Å². The minimum atomic E-state index is 0.0981. The van der Waals surface area contributed by atoms with Crippen molar-refractivity contribution in [2.75, 3.05) is 25.2 Å². The van der Waals surface area contributed by atoms with E-state index in [2.05, 4.69) is 55.9 Å². The third-order valence-electron chi connectivity index (χ3n) is 3.66. The van der Waals surface area contributed by atoms with Crippen LogP contribution in [0.5, 0.6) is 0 Å². The first kappa shape index (κ1) is 17.9. The summed E-state index contributed by atoms with van der Waals surface area (Å²) in [7, 11) is 1.75. The van der Waals surface area contributed by atoms with E-state index in [0.717, 1.165) is 26.1 Å². The van der Waals surface area contributed by atoms with Gasteiger partial charge in [0.15, 0.2) is 0 Å². The molecule has 0 fully saturated rings. The van der Waals surface area contributed by atoms with Crippen molar-refractivity contribution in [3.8, 4) is 0 Å². The van der Waals surface area contributed by atoms with Crippen molar-refractivity contribution < 1.29 is 4.74 Å².